The number of hydrogen-bond acceptors (Lipinski definition) is 4. The first-order valence-electron chi connectivity index (χ1n) is 7.54. The number of nitro benzene ring substituents is 1. The van der Waals surface area contributed by atoms with E-state index in [1.54, 1.807) is 19.9 Å². The van der Waals surface area contributed by atoms with Gasteiger partial charge in [0.1, 0.15) is 0 Å². The number of nitrogens with one attached hydrogen (secondary N) is 1. The number of nitro groups is 1. The van der Waals surface area contributed by atoms with Gasteiger partial charge in [0.05, 0.1) is 16.9 Å². The molecule has 2 N–H and O–H groups in total. The number of aryl methyl sites for hydroxylation is 2. The van der Waals surface area contributed by atoms with Crippen LogP contribution in [-0.2, 0) is 4.79 Å². The van der Waals surface area contributed by atoms with E-state index < -0.39 is 22.3 Å². The number of carboxylic acids is 1. The minimum atomic E-state index is -0.959. The van der Waals surface area contributed by atoms with Crippen LogP contribution in [0.5, 0.6) is 0 Å². The maximum Gasteiger partial charge on any atom is 0.305 e. The van der Waals surface area contributed by atoms with E-state index in [-0.39, 0.29) is 17.7 Å². The molecule has 0 radical (unpaired) electrons. The summed E-state index contributed by atoms with van der Waals surface area (Å²) in [5.41, 5.74) is 0.479. The van der Waals surface area contributed by atoms with Gasteiger partial charge < -0.3 is 10.4 Å². The highest BCUT2D eigenvalue weighted by atomic mass is 16.6. The first-order chi connectivity index (χ1) is 10.7. The number of aliphatic carboxylic acids is 1. The molecule has 0 bridgehead atoms. The number of carbonyl (C=O) groups is 2. The molecule has 0 saturated heterocycles. The van der Waals surface area contributed by atoms with Crippen molar-refractivity contribution < 1.29 is 19.6 Å². The van der Waals surface area contributed by atoms with Gasteiger partial charge in [-0.15, -0.1) is 0 Å². The molecule has 23 heavy (non-hydrogen) atoms. The number of nitrogens with zero attached hydrogens (tertiary/aromatic N) is 1. The first-order valence-corrected chi connectivity index (χ1v) is 7.54. The van der Waals surface area contributed by atoms with Crippen LogP contribution in [0.3, 0.4) is 0 Å². The van der Waals surface area contributed by atoms with Gasteiger partial charge in [0.15, 0.2) is 0 Å². The van der Waals surface area contributed by atoms with Gasteiger partial charge in [-0.25, -0.2) is 0 Å². The predicted octanol–water partition coefficient (Wildman–Crippen LogP) is 2.73. The molecule has 0 aromatic heterocycles. The van der Waals surface area contributed by atoms with Gasteiger partial charge in [-0.3, -0.25) is 19.7 Å². The molecule has 0 spiro atoms. The molecule has 0 heterocycles. The molecule has 124 valence electrons. The Morgan fingerprint density at radius 3 is 2.39 bits per heavy atom. The quantitative estimate of drug-likeness (QED) is 0.640. The van der Waals surface area contributed by atoms with E-state index in [0.717, 1.165) is 12.8 Å². The summed E-state index contributed by atoms with van der Waals surface area (Å²) in [6, 6.07) is 2.87. The first kappa shape index (κ1) is 16.9. The van der Waals surface area contributed by atoms with Crippen LogP contribution in [0, 0.1) is 24.0 Å². The van der Waals surface area contributed by atoms with Gasteiger partial charge >= 0.3 is 5.97 Å². The highest BCUT2D eigenvalue weighted by Crippen LogP contribution is 2.33. The predicted molar refractivity (Wildman–Crippen MR) is 83.5 cm³/mol. The third-order valence-corrected chi connectivity index (χ3v) is 4.41. The van der Waals surface area contributed by atoms with Crippen molar-refractivity contribution in [2.24, 2.45) is 0 Å². The molecule has 0 aliphatic heterocycles. The topological polar surface area (TPSA) is 110 Å². The van der Waals surface area contributed by atoms with Crippen molar-refractivity contribution in [3.63, 3.8) is 0 Å². The SMILES string of the molecule is Cc1cc(C)c([N+](=O)[O-])cc1C(=O)NC1(CC(=O)O)CCCC1. The second kappa shape index (κ2) is 6.36. The number of carboxylic acid groups (broad SMARTS) is 1. The van der Waals surface area contributed by atoms with Gasteiger partial charge in [-0.1, -0.05) is 12.8 Å². The normalized spacial score (nSPS) is 16.1. The summed E-state index contributed by atoms with van der Waals surface area (Å²) in [5.74, 6) is -1.41. The molecule has 1 aliphatic carbocycles. The minimum Gasteiger partial charge on any atom is -0.481 e. The lowest BCUT2D eigenvalue weighted by Gasteiger charge is -2.29. The van der Waals surface area contributed by atoms with Crippen LogP contribution < -0.4 is 5.32 Å². The number of benzene rings is 1. The summed E-state index contributed by atoms with van der Waals surface area (Å²) in [4.78, 5) is 34.2. The van der Waals surface area contributed by atoms with Gasteiger partial charge in [0.2, 0.25) is 0 Å². The van der Waals surface area contributed by atoms with E-state index in [1.165, 1.54) is 6.07 Å². The fourth-order valence-corrected chi connectivity index (χ4v) is 3.28. The second-order valence-corrected chi connectivity index (χ2v) is 6.22. The molecule has 1 amide bonds. The Balaban J connectivity index is 2.31. The summed E-state index contributed by atoms with van der Waals surface area (Å²) in [5, 5.41) is 23.0. The van der Waals surface area contributed by atoms with Crippen LogP contribution in [0.1, 0.15) is 53.6 Å². The van der Waals surface area contributed by atoms with Gasteiger partial charge in [0.25, 0.3) is 11.6 Å². The van der Waals surface area contributed by atoms with Crippen LogP contribution in [-0.4, -0.2) is 27.4 Å². The van der Waals surface area contributed by atoms with Crippen molar-refractivity contribution in [3.8, 4) is 0 Å². The molecule has 1 aromatic carbocycles. The Morgan fingerprint density at radius 2 is 1.87 bits per heavy atom. The average Bonchev–Trinajstić information content (AvgIpc) is 2.85. The fraction of sp³-hybridized carbons (Fsp3) is 0.500. The minimum absolute atomic E-state index is 0.112. The van der Waals surface area contributed by atoms with Gasteiger partial charge in [-0.05, 0) is 38.3 Å². The maximum atomic E-state index is 12.6. The van der Waals surface area contributed by atoms with Crippen molar-refractivity contribution >= 4 is 17.6 Å². The monoisotopic (exact) mass is 320 g/mol. The Morgan fingerprint density at radius 1 is 1.26 bits per heavy atom. The molecular formula is C16H20N2O5. The number of rotatable bonds is 5. The third-order valence-electron chi connectivity index (χ3n) is 4.41. The van der Waals surface area contributed by atoms with Crippen molar-refractivity contribution in [2.75, 3.05) is 0 Å². The molecule has 7 nitrogen and oxygen atoms in total. The second-order valence-electron chi connectivity index (χ2n) is 6.22. The number of carbonyl (C=O) groups excluding carboxylic acids is 1. The van der Waals surface area contributed by atoms with Crippen LogP contribution in [0.25, 0.3) is 0 Å². The van der Waals surface area contributed by atoms with Gasteiger partial charge in [-0.2, -0.15) is 0 Å². The Kier molecular flexibility index (Phi) is 4.68. The zero-order valence-corrected chi connectivity index (χ0v) is 13.2. The lowest BCUT2D eigenvalue weighted by atomic mass is 9.92. The average molecular weight is 320 g/mol. The summed E-state index contributed by atoms with van der Waals surface area (Å²) in [6.45, 7) is 3.33. The van der Waals surface area contributed by atoms with E-state index in [4.69, 9.17) is 5.11 Å². The van der Waals surface area contributed by atoms with E-state index in [0.29, 0.717) is 24.0 Å². The summed E-state index contributed by atoms with van der Waals surface area (Å²) in [7, 11) is 0. The van der Waals surface area contributed by atoms with Crippen molar-refractivity contribution in [1.82, 2.24) is 5.32 Å². The molecule has 0 unspecified atom stereocenters. The molecule has 1 fully saturated rings. The van der Waals surface area contributed by atoms with E-state index >= 15 is 0 Å². The lowest BCUT2D eigenvalue weighted by Crippen LogP contribution is -2.48. The van der Waals surface area contributed by atoms with Crippen molar-refractivity contribution in [1.29, 1.82) is 0 Å². The Hall–Kier alpha value is -2.44. The van der Waals surface area contributed by atoms with E-state index in [9.17, 15) is 19.7 Å². The number of hydrogen-bond donors (Lipinski definition) is 2. The zero-order chi connectivity index (χ0) is 17.2. The van der Waals surface area contributed by atoms with Crippen LogP contribution in [0.15, 0.2) is 12.1 Å². The molecule has 1 saturated carbocycles. The smallest absolute Gasteiger partial charge is 0.305 e. The lowest BCUT2D eigenvalue weighted by molar-refractivity contribution is -0.385. The highest BCUT2D eigenvalue weighted by molar-refractivity contribution is 5.97. The third kappa shape index (κ3) is 3.67. The molecule has 2 rings (SSSR count). The van der Waals surface area contributed by atoms with Crippen LogP contribution in [0.4, 0.5) is 5.69 Å². The van der Waals surface area contributed by atoms with E-state index in [2.05, 4.69) is 5.32 Å². The van der Waals surface area contributed by atoms with E-state index in [1.807, 2.05) is 0 Å². The number of amides is 1. The van der Waals surface area contributed by atoms with Crippen LogP contribution >= 0.6 is 0 Å². The molecular weight excluding hydrogens is 300 g/mol. The Labute approximate surface area is 133 Å². The summed E-state index contributed by atoms with van der Waals surface area (Å²) < 4.78 is 0. The maximum absolute atomic E-state index is 12.6. The van der Waals surface area contributed by atoms with Crippen molar-refractivity contribution in [2.45, 2.75) is 51.5 Å². The van der Waals surface area contributed by atoms with Gasteiger partial charge in [0, 0.05) is 17.2 Å². The fourth-order valence-electron chi connectivity index (χ4n) is 3.28. The standard InChI is InChI=1S/C16H20N2O5/c1-10-7-11(2)13(18(22)23)8-12(10)15(21)17-16(9-14(19)20)5-3-4-6-16/h7-8H,3-6,9H2,1-2H3,(H,17,21)(H,19,20). The molecule has 0 atom stereocenters. The molecule has 1 aliphatic rings. The zero-order valence-electron chi connectivity index (χ0n) is 13.2. The molecule has 1 aromatic rings. The Bertz CT molecular complexity index is 663. The van der Waals surface area contributed by atoms with Crippen LogP contribution in [0.2, 0.25) is 0 Å². The summed E-state index contributed by atoms with van der Waals surface area (Å²) >= 11 is 0. The summed E-state index contributed by atoms with van der Waals surface area (Å²) in [6.07, 6.45) is 2.81. The molecule has 7 heteroatoms. The highest BCUT2D eigenvalue weighted by Gasteiger charge is 2.38. The van der Waals surface area contributed by atoms with Crippen molar-refractivity contribution in [3.05, 3.63) is 38.9 Å². The largest absolute Gasteiger partial charge is 0.481 e.